The fourth-order valence-corrected chi connectivity index (χ4v) is 2.48. The van der Waals surface area contributed by atoms with Crippen molar-refractivity contribution >= 4 is 9.84 Å². The van der Waals surface area contributed by atoms with Crippen LogP contribution in [0, 0.1) is 0 Å². The number of rotatable bonds is 6. The Labute approximate surface area is 92.3 Å². The van der Waals surface area contributed by atoms with E-state index in [1.54, 1.807) is 6.92 Å². The average molecular weight is 235 g/mol. The largest absolute Gasteiger partial charge is 0.377 e. The second kappa shape index (κ2) is 6.45. The molecule has 1 aliphatic rings. The highest BCUT2D eigenvalue weighted by Crippen LogP contribution is 2.06. The van der Waals surface area contributed by atoms with Crippen molar-refractivity contribution in [1.29, 1.82) is 0 Å². The van der Waals surface area contributed by atoms with E-state index in [1.165, 1.54) is 0 Å². The molecule has 4 nitrogen and oxygen atoms in total. The molecule has 1 heterocycles. The first-order chi connectivity index (χ1) is 7.14. The van der Waals surface area contributed by atoms with Crippen LogP contribution in [0.25, 0.3) is 0 Å². The van der Waals surface area contributed by atoms with Crippen molar-refractivity contribution in [2.45, 2.75) is 32.3 Å². The van der Waals surface area contributed by atoms with Crippen LogP contribution >= 0.6 is 0 Å². The van der Waals surface area contributed by atoms with E-state index >= 15 is 0 Å². The van der Waals surface area contributed by atoms with E-state index in [4.69, 9.17) is 4.74 Å². The molecular formula is C10H21NO3S. The fraction of sp³-hybridized carbons (Fsp3) is 1.00. The maximum Gasteiger partial charge on any atom is 0.150 e. The quantitative estimate of drug-likeness (QED) is 0.684. The van der Waals surface area contributed by atoms with Crippen LogP contribution in [0.2, 0.25) is 0 Å². The van der Waals surface area contributed by atoms with Gasteiger partial charge >= 0.3 is 0 Å². The lowest BCUT2D eigenvalue weighted by atomic mass is 10.1. The van der Waals surface area contributed by atoms with E-state index in [1.807, 2.05) is 0 Å². The van der Waals surface area contributed by atoms with Crippen LogP contribution < -0.4 is 5.32 Å². The first-order valence-electron chi connectivity index (χ1n) is 5.67. The van der Waals surface area contributed by atoms with Gasteiger partial charge in [0.05, 0.1) is 11.9 Å². The number of ether oxygens (including phenoxy) is 1. The van der Waals surface area contributed by atoms with Crippen LogP contribution in [-0.4, -0.2) is 45.7 Å². The van der Waals surface area contributed by atoms with E-state index < -0.39 is 9.84 Å². The molecule has 0 amide bonds. The summed E-state index contributed by atoms with van der Waals surface area (Å²) in [4.78, 5) is 0. The molecule has 1 rings (SSSR count). The summed E-state index contributed by atoms with van der Waals surface area (Å²) >= 11 is 0. The highest BCUT2D eigenvalue weighted by molar-refractivity contribution is 7.91. The molecule has 1 N–H and O–H groups in total. The Morgan fingerprint density at radius 3 is 2.87 bits per heavy atom. The van der Waals surface area contributed by atoms with Crippen molar-refractivity contribution < 1.29 is 13.2 Å². The standard InChI is InChI=1S/C10H21NO3S/c1-2-15(12,13)8-4-7-14-10-5-3-6-11-9-10/h10-11H,2-9H2,1H3/t10-/m0/s1. The monoisotopic (exact) mass is 235 g/mol. The summed E-state index contributed by atoms with van der Waals surface area (Å²) in [6.45, 7) is 4.22. The van der Waals surface area contributed by atoms with Crippen LogP contribution in [0.4, 0.5) is 0 Å². The maximum absolute atomic E-state index is 11.2. The van der Waals surface area contributed by atoms with Gasteiger partial charge in [-0.05, 0) is 25.8 Å². The molecule has 0 saturated carbocycles. The van der Waals surface area contributed by atoms with Gasteiger partial charge in [0.1, 0.15) is 9.84 Å². The van der Waals surface area contributed by atoms with E-state index in [0.717, 1.165) is 25.9 Å². The smallest absolute Gasteiger partial charge is 0.150 e. The van der Waals surface area contributed by atoms with Crippen LogP contribution in [0.1, 0.15) is 26.2 Å². The van der Waals surface area contributed by atoms with Crippen LogP contribution in [0.15, 0.2) is 0 Å². The van der Waals surface area contributed by atoms with Gasteiger partial charge in [-0.3, -0.25) is 0 Å². The van der Waals surface area contributed by atoms with Crippen LogP contribution in [0.5, 0.6) is 0 Å². The molecule has 1 aliphatic heterocycles. The zero-order chi connectivity index (χ0) is 11.1. The second-order valence-corrected chi connectivity index (χ2v) is 6.40. The Morgan fingerprint density at radius 1 is 1.47 bits per heavy atom. The third-order valence-electron chi connectivity index (χ3n) is 2.64. The summed E-state index contributed by atoms with van der Waals surface area (Å²) in [7, 11) is -2.82. The van der Waals surface area contributed by atoms with Crippen molar-refractivity contribution in [2.24, 2.45) is 0 Å². The third kappa shape index (κ3) is 5.49. The highest BCUT2D eigenvalue weighted by Gasteiger charge is 2.13. The van der Waals surface area contributed by atoms with Crippen molar-refractivity contribution in [3.63, 3.8) is 0 Å². The fourth-order valence-electron chi connectivity index (χ4n) is 1.64. The Hall–Kier alpha value is -0.130. The molecule has 90 valence electrons. The molecule has 0 spiro atoms. The van der Waals surface area contributed by atoms with Crippen LogP contribution in [-0.2, 0) is 14.6 Å². The summed E-state index contributed by atoms with van der Waals surface area (Å²) in [6, 6.07) is 0. The van der Waals surface area contributed by atoms with Crippen molar-refractivity contribution in [2.75, 3.05) is 31.2 Å². The van der Waals surface area contributed by atoms with E-state index in [2.05, 4.69) is 5.32 Å². The summed E-state index contributed by atoms with van der Waals surface area (Å²) in [5, 5.41) is 3.26. The zero-order valence-corrected chi connectivity index (χ0v) is 10.2. The molecule has 0 aromatic rings. The third-order valence-corrected chi connectivity index (χ3v) is 4.44. The lowest BCUT2D eigenvalue weighted by Gasteiger charge is -2.22. The molecular weight excluding hydrogens is 214 g/mol. The molecule has 1 atom stereocenters. The van der Waals surface area contributed by atoms with Crippen molar-refractivity contribution in [3.8, 4) is 0 Å². The van der Waals surface area contributed by atoms with Gasteiger partial charge in [0, 0.05) is 18.9 Å². The van der Waals surface area contributed by atoms with Gasteiger partial charge in [-0.2, -0.15) is 0 Å². The summed E-state index contributed by atoms with van der Waals surface area (Å²) in [5.41, 5.74) is 0. The van der Waals surface area contributed by atoms with Crippen molar-refractivity contribution in [3.05, 3.63) is 0 Å². The number of piperidine rings is 1. The van der Waals surface area contributed by atoms with E-state index in [0.29, 0.717) is 13.0 Å². The van der Waals surface area contributed by atoms with E-state index in [9.17, 15) is 8.42 Å². The average Bonchev–Trinajstić information content (AvgIpc) is 2.26. The first kappa shape index (κ1) is 12.9. The molecule has 15 heavy (non-hydrogen) atoms. The lowest BCUT2D eigenvalue weighted by Crippen LogP contribution is -2.35. The normalized spacial score (nSPS) is 22.9. The van der Waals surface area contributed by atoms with Gasteiger partial charge in [-0.1, -0.05) is 6.92 Å². The predicted molar refractivity (Wildman–Crippen MR) is 60.8 cm³/mol. The highest BCUT2D eigenvalue weighted by atomic mass is 32.2. The Kier molecular flexibility index (Phi) is 5.56. The SMILES string of the molecule is CCS(=O)(=O)CCCO[C@H]1CCCNC1. The minimum atomic E-state index is -2.82. The summed E-state index contributed by atoms with van der Waals surface area (Å²) < 4.78 is 28.0. The van der Waals surface area contributed by atoms with Crippen LogP contribution in [0.3, 0.4) is 0 Å². The Bertz CT molecular complexity index is 258. The molecule has 0 unspecified atom stereocenters. The first-order valence-corrected chi connectivity index (χ1v) is 7.49. The van der Waals surface area contributed by atoms with Crippen molar-refractivity contribution in [1.82, 2.24) is 5.32 Å². The van der Waals surface area contributed by atoms with E-state index in [-0.39, 0.29) is 17.6 Å². The Balaban J connectivity index is 2.06. The van der Waals surface area contributed by atoms with Gasteiger partial charge in [0.2, 0.25) is 0 Å². The number of sulfone groups is 1. The number of hydrogen-bond donors (Lipinski definition) is 1. The number of hydrogen-bond acceptors (Lipinski definition) is 4. The molecule has 0 bridgehead atoms. The van der Waals surface area contributed by atoms with Gasteiger partial charge < -0.3 is 10.1 Å². The molecule has 1 fully saturated rings. The minimum Gasteiger partial charge on any atom is -0.377 e. The summed E-state index contributed by atoms with van der Waals surface area (Å²) in [5.74, 6) is 0.488. The molecule has 0 aromatic carbocycles. The molecule has 0 aliphatic carbocycles. The van der Waals surface area contributed by atoms with Gasteiger partial charge in [0.15, 0.2) is 0 Å². The molecule has 1 saturated heterocycles. The topological polar surface area (TPSA) is 55.4 Å². The summed E-state index contributed by atoms with van der Waals surface area (Å²) in [6.07, 6.45) is 3.14. The lowest BCUT2D eigenvalue weighted by molar-refractivity contribution is 0.0378. The van der Waals surface area contributed by atoms with Gasteiger partial charge in [-0.15, -0.1) is 0 Å². The molecule has 5 heteroatoms. The van der Waals surface area contributed by atoms with Gasteiger partial charge in [-0.25, -0.2) is 8.42 Å². The number of nitrogens with one attached hydrogen (secondary N) is 1. The Morgan fingerprint density at radius 2 is 2.27 bits per heavy atom. The maximum atomic E-state index is 11.2. The van der Waals surface area contributed by atoms with Gasteiger partial charge in [0.25, 0.3) is 0 Å². The predicted octanol–water partition coefficient (Wildman–Crippen LogP) is 0.580. The zero-order valence-electron chi connectivity index (χ0n) is 9.37. The molecule has 0 aromatic heterocycles. The minimum absolute atomic E-state index is 0.234. The molecule has 0 radical (unpaired) electrons. The second-order valence-electron chi connectivity index (χ2n) is 3.93.